The third-order valence-corrected chi connectivity index (χ3v) is 3.10. The molecule has 2 rings (SSSR count). The molecule has 2 heterocycles. The average molecular weight is 264 g/mol. The Morgan fingerprint density at radius 2 is 2.05 bits per heavy atom. The van der Waals surface area contributed by atoms with Gasteiger partial charge in [0.2, 0.25) is 11.9 Å². The molecule has 1 amide bonds. The molecular formula is C13H20N4O2. The number of hydrogen-bond acceptors (Lipinski definition) is 5. The first-order valence-electron chi connectivity index (χ1n) is 6.67. The molecule has 0 aromatic carbocycles. The van der Waals surface area contributed by atoms with Gasteiger partial charge in [-0.1, -0.05) is 6.92 Å². The third kappa shape index (κ3) is 3.89. The fraction of sp³-hybridized carbons (Fsp3) is 0.615. The van der Waals surface area contributed by atoms with Crippen LogP contribution in [0.15, 0.2) is 6.07 Å². The summed E-state index contributed by atoms with van der Waals surface area (Å²) in [5.74, 6) is 0.437. The molecule has 1 aromatic heterocycles. The van der Waals surface area contributed by atoms with Crippen LogP contribution in [0.3, 0.4) is 0 Å². The van der Waals surface area contributed by atoms with Crippen molar-refractivity contribution in [3.8, 4) is 0 Å². The molecule has 1 saturated heterocycles. The van der Waals surface area contributed by atoms with Gasteiger partial charge >= 0.3 is 0 Å². The van der Waals surface area contributed by atoms with Crippen LogP contribution in [0.5, 0.6) is 0 Å². The summed E-state index contributed by atoms with van der Waals surface area (Å²) < 4.78 is 5.33. The van der Waals surface area contributed by atoms with Gasteiger partial charge in [0.15, 0.2) is 0 Å². The van der Waals surface area contributed by atoms with Crippen molar-refractivity contribution in [3.05, 3.63) is 17.5 Å². The SMILES string of the molecule is CCc1cc(CCC(N)=O)nc(N2CCOCC2)n1. The van der Waals surface area contributed by atoms with Crippen molar-refractivity contribution in [1.82, 2.24) is 9.97 Å². The Kier molecular flexibility index (Phi) is 4.68. The molecule has 104 valence electrons. The number of carbonyl (C=O) groups is 1. The maximum atomic E-state index is 10.9. The van der Waals surface area contributed by atoms with Crippen LogP contribution >= 0.6 is 0 Å². The Morgan fingerprint density at radius 3 is 2.68 bits per heavy atom. The average Bonchev–Trinajstić information content (AvgIpc) is 2.45. The van der Waals surface area contributed by atoms with Crippen molar-refractivity contribution in [2.75, 3.05) is 31.2 Å². The van der Waals surface area contributed by atoms with Gasteiger partial charge in [-0.25, -0.2) is 9.97 Å². The monoisotopic (exact) mass is 264 g/mol. The van der Waals surface area contributed by atoms with Crippen molar-refractivity contribution in [1.29, 1.82) is 0 Å². The predicted molar refractivity (Wildman–Crippen MR) is 72.0 cm³/mol. The molecule has 1 aromatic rings. The van der Waals surface area contributed by atoms with E-state index in [2.05, 4.69) is 21.8 Å². The number of ether oxygens (including phenoxy) is 1. The minimum atomic E-state index is -0.301. The van der Waals surface area contributed by atoms with E-state index in [0.717, 1.165) is 36.8 Å². The van der Waals surface area contributed by atoms with Crippen LogP contribution < -0.4 is 10.6 Å². The van der Waals surface area contributed by atoms with Crippen molar-refractivity contribution in [2.45, 2.75) is 26.2 Å². The Morgan fingerprint density at radius 1 is 1.37 bits per heavy atom. The number of amides is 1. The zero-order valence-electron chi connectivity index (χ0n) is 11.3. The number of aryl methyl sites for hydroxylation is 2. The Hall–Kier alpha value is -1.69. The second kappa shape index (κ2) is 6.47. The van der Waals surface area contributed by atoms with Crippen molar-refractivity contribution < 1.29 is 9.53 Å². The molecule has 1 aliphatic rings. The van der Waals surface area contributed by atoms with Crippen molar-refractivity contribution in [3.63, 3.8) is 0 Å². The summed E-state index contributed by atoms with van der Waals surface area (Å²) in [7, 11) is 0. The standard InChI is InChI=1S/C13H20N4O2/c1-2-10-9-11(3-4-12(14)18)16-13(15-10)17-5-7-19-8-6-17/h9H,2-8H2,1H3,(H2,14,18). The lowest BCUT2D eigenvalue weighted by molar-refractivity contribution is -0.118. The molecule has 0 saturated carbocycles. The molecule has 6 nitrogen and oxygen atoms in total. The highest BCUT2D eigenvalue weighted by molar-refractivity contribution is 5.73. The summed E-state index contributed by atoms with van der Waals surface area (Å²) in [5.41, 5.74) is 7.06. The van der Waals surface area contributed by atoms with Gasteiger partial charge < -0.3 is 15.4 Å². The summed E-state index contributed by atoms with van der Waals surface area (Å²) in [6.45, 7) is 5.08. The van der Waals surface area contributed by atoms with Crippen LogP contribution in [0.2, 0.25) is 0 Å². The Bertz CT molecular complexity index is 444. The molecule has 0 aliphatic carbocycles. The van der Waals surface area contributed by atoms with Crippen LogP contribution in [0, 0.1) is 0 Å². The number of hydrogen-bond donors (Lipinski definition) is 1. The highest BCUT2D eigenvalue weighted by atomic mass is 16.5. The van der Waals surface area contributed by atoms with E-state index >= 15 is 0 Å². The third-order valence-electron chi connectivity index (χ3n) is 3.10. The molecule has 19 heavy (non-hydrogen) atoms. The fourth-order valence-electron chi connectivity index (χ4n) is 2.00. The van der Waals surface area contributed by atoms with Crippen LogP contribution in [0.1, 0.15) is 24.7 Å². The van der Waals surface area contributed by atoms with Crippen molar-refractivity contribution >= 4 is 11.9 Å². The second-order valence-corrected chi connectivity index (χ2v) is 4.57. The van der Waals surface area contributed by atoms with Crippen LogP contribution in [0.25, 0.3) is 0 Å². The molecule has 0 bridgehead atoms. The summed E-state index contributed by atoms with van der Waals surface area (Å²) in [4.78, 5) is 22.1. The van der Waals surface area contributed by atoms with E-state index < -0.39 is 0 Å². The first-order valence-corrected chi connectivity index (χ1v) is 6.67. The molecule has 0 atom stereocenters. The molecule has 0 radical (unpaired) electrons. The smallest absolute Gasteiger partial charge is 0.225 e. The van der Waals surface area contributed by atoms with E-state index in [1.165, 1.54) is 0 Å². The maximum Gasteiger partial charge on any atom is 0.225 e. The lowest BCUT2D eigenvalue weighted by Gasteiger charge is -2.27. The van der Waals surface area contributed by atoms with E-state index in [0.29, 0.717) is 26.1 Å². The minimum Gasteiger partial charge on any atom is -0.378 e. The van der Waals surface area contributed by atoms with Gasteiger partial charge in [0, 0.05) is 30.9 Å². The van der Waals surface area contributed by atoms with Gasteiger partial charge in [0.25, 0.3) is 0 Å². The van der Waals surface area contributed by atoms with Gasteiger partial charge in [-0.2, -0.15) is 0 Å². The molecule has 6 heteroatoms. The number of primary amides is 1. The molecule has 0 spiro atoms. The second-order valence-electron chi connectivity index (χ2n) is 4.57. The van der Waals surface area contributed by atoms with Gasteiger partial charge in [-0.05, 0) is 18.9 Å². The van der Waals surface area contributed by atoms with Gasteiger partial charge in [0.05, 0.1) is 13.2 Å². The number of rotatable bonds is 5. The molecular weight excluding hydrogens is 244 g/mol. The topological polar surface area (TPSA) is 81.3 Å². The summed E-state index contributed by atoms with van der Waals surface area (Å²) >= 11 is 0. The molecule has 0 unspecified atom stereocenters. The first kappa shape index (κ1) is 13.7. The summed E-state index contributed by atoms with van der Waals surface area (Å²) in [6, 6.07) is 1.95. The fourth-order valence-corrected chi connectivity index (χ4v) is 2.00. The van der Waals surface area contributed by atoms with E-state index in [-0.39, 0.29) is 5.91 Å². The first-order chi connectivity index (χ1) is 9.19. The van der Waals surface area contributed by atoms with Crippen molar-refractivity contribution in [2.24, 2.45) is 5.73 Å². The zero-order valence-corrected chi connectivity index (χ0v) is 11.3. The minimum absolute atomic E-state index is 0.301. The number of nitrogens with two attached hydrogens (primary N) is 1. The van der Waals surface area contributed by atoms with E-state index in [9.17, 15) is 4.79 Å². The van der Waals surface area contributed by atoms with Crippen LogP contribution in [-0.2, 0) is 22.4 Å². The molecule has 1 fully saturated rings. The zero-order chi connectivity index (χ0) is 13.7. The van der Waals surface area contributed by atoms with Gasteiger partial charge in [-0.3, -0.25) is 4.79 Å². The van der Waals surface area contributed by atoms with Crippen LogP contribution in [-0.4, -0.2) is 42.2 Å². The van der Waals surface area contributed by atoms with Gasteiger partial charge in [0.1, 0.15) is 0 Å². The van der Waals surface area contributed by atoms with Crippen LogP contribution in [0.4, 0.5) is 5.95 Å². The number of anilines is 1. The number of nitrogens with zero attached hydrogens (tertiary/aromatic N) is 3. The number of morpholine rings is 1. The highest BCUT2D eigenvalue weighted by Gasteiger charge is 2.15. The maximum absolute atomic E-state index is 10.9. The van der Waals surface area contributed by atoms with E-state index in [4.69, 9.17) is 10.5 Å². The molecule has 2 N–H and O–H groups in total. The lowest BCUT2D eigenvalue weighted by atomic mass is 10.2. The highest BCUT2D eigenvalue weighted by Crippen LogP contribution is 2.14. The van der Waals surface area contributed by atoms with Gasteiger partial charge in [-0.15, -0.1) is 0 Å². The van der Waals surface area contributed by atoms with E-state index in [1.54, 1.807) is 0 Å². The number of aromatic nitrogens is 2. The Labute approximate surface area is 113 Å². The number of carbonyl (C=O) groups excluding carboxylic acids is 1. The normalized spacial score (nSPS) is 15.5. The van der Waals surface area contributed by atoms with E-state index in [1.807, 2.05) is 6.07 Å². The summed E-state index contributed by atoms with van der Waals surface area (Å²) in [5, 5.41) is 0. The lowest BCUT2D eigenvalue weighted by Crippen LogP contribution is -2.37. The summed E-state index contributed by atoms with van der Waals surface area (Å²) in [6.07, 6.45) is 1.74. The Balaban J connectivity index is 2.16. The largest absolute Gasteiger partial charge is 0.378 e. The quantitative estimate of drug-likeness (QED) is 0.827. The predicted octanol–water partition coefficient (Wildman–Crippen LogP) is 0.293. The molecule has 1 aliphatic heterocycles.